The molecule has 0 spiro atoms. The molecule has 0 unspecified atom stereocenters. The van der Waals surface area contributed by atoms with Gasteiger partial charge in [-0.15, -0.1) is 0 Å². The number of hydrogen-bond acceptors (Lipinski definition) is 4. The van der Waals surface area contributed by atoms with Gasteiger partial charge in [-0.1, -0.05) is 23.2 Å². The van der Waals surface area contributed by atoms with Crippen molar-refractivity contribution in [1.82, 2.24) is 15.4 Å². The minimum atomic E-state index is -0.315. The fraction of sp³-hybridized carbons (Fsp3) is 0.0588. The standard InChI is InChI=1S/C17H13ClN4O/c1-11-2-3-15-13(8-11)9-14(16(18)21-15)10-20-22-17(23)12-4-6-19-7-5-12/h2-10H,1H3,(H,22,23). The van der Waals surface area contributed by atoms with Crippen LogP contribution >= 0.6 is 11.6 Å². The van der Waals surface area contributed by atoms with Crippen LogP contribution in [-0.2, 0) is 0 Å². The number of nitrogens with zero attached hydrogens (tertiary/aromatic N) is 3. The summed E-state index contributed by atoms with van der Waals surface area (Å²) in [6, 6.07) is 11.0. The van der Waals surface area contributed by atoms with Gasteiger partial charge in [0.2, 0.25) is 0 Å². The number of benzene rings is 1. The van der Waals surface area contributed by atoms with Gasteiger partial charge in [-0.05, 0) is 37.3 Å². The van der Waals surface area contributed by atoms with Gasteiger partial charge in [0.05, 0.1) is 11.7 Å². The van der Waals surface area contributed by atoms with Gasteiger partial charge in [0.15, 0.2) is 0 Å². The number of pyridine rings is 2. The molecule has 0 saturated heterocycles. The quantitative estimate of drug-likeness (QED) is 0.456. The van der Waals surface area contributed by atoms with E-state index in [0.29, 0.717) is 16.3 Å². The van der Waals surface area contributed by atoms with Crippen molar-refractivity contribution in [3.05, 3.63) is 70.6 Å². The topological polar surface area (TPSA) is 67.2 Å². The number of amides is 1. The maximum absolute atomic E-state index is 11.9. The summed E-state index contributed by atoms with van der Waals surface area (Å²) in [6.07, 6.45) is 4.58. The zero-order chi connectivity index (χ0) is 16.2. The first kappa shape index (κ1) is 15.1. The maximum Gasteiger partial charge on any atom is 0.271 e. The van der Waals surface area contributed by atoms with Gasteiger partial charge in [-0.25, -0.2) is 10.4 Å². The van der Waals surface area contributed by atoms with Crippen LogP contribution < -0.4 is 5.43 Å². The molecular formula is C17H13ClN4O. The highest BCUT2D eigenvalue weighted by atomic mass is 35.5. The zero-order valence-electron chi connectivity index (χ0n) is 12.3. The van der Waals surface area contributed by atoms with Crippen molar-refractivity contribution in [1.29, 1.82) is 0 Å². The lowest BCUT2D eigenvalue weighted by Crippen LogP contribution is -2.17. The van der Waals surface area contributed by atoms with Crippen LogP contribution in [0.1, 0.15) is 21.5 Å². The Morgan fingerprint density at radius 2 is 2.00 bits per heavy atom. The minimum Gasteiger partial charge on any atom is -0.267 e. The molecule has 2 heterocycles. The van der Waals surface area contributed by atoms with Gasteiger partial charge < -0.3 is 0 Å². The highest BCUT2D eigenvalue weighted by molar-refractivity contribution is 6.32. The van der Waals surface area contributed by atoms with Gasteiger partial charge in [-0.3, -0.25) is 9.78 Å². The minimum absolute atomic E-state index is 0.315. The summed E-state index contributed by atoms with van der Waals surface area (Å²) in [5.41, 5.74) is 5.52. The maximum atomic E-state index is 11.9. The molecule has 0 radical (unpaired) electrons. The Hall–Kier alpha value is -2.79. The molecule has 2 aromatic heterocycles. The average molecular weight is 325 g/mol. The van der Waals surface area contributed by atoms with Crippen LogP contribution in [0.3, 0.4) is 0 Å². The molecule has 6 heteroatoms. The molecule has 5 nitrogen and oxygen atoms in total. The Balaban J connectivity index is 1.80. The van der Waals surface area contributed by atoms with E-state index >= 15 is 0 Å². The second-order valence-electron chi connectivity index (χ2n) is 5.00. The number of hydrogen-bond donors (Lipinski definition) is 1. The molecule has 0 fully saturated rings. The number of nitrogens with one attached hydrogen (secondary N) is 1. The molecular weight excluding hydrogens is 312 g/mol. The van der Waals surface area contributed by atoms with Crippen molar-refractivity contribution in [2.24, 2.45) is 5.10 Å². The summed E-state index contributed by atoms with van der Waals surface area (Å²) >= 11 is 6.15. The summed E-state index contributed by atoms with van der Waals surface area (Å²) in [7, 11) is 0. The van der Waals surface area contributed by atoms with Gasteiger partial charge in [0.25, 0.3) is 5.91 Å². The molecule has 114 valence electrons. The van der Waals surface area contributed by atoms with E-state index in [4.69, 9.17) is 11.6 Å². The molecule has 0 atom stereocenters. The predicted octanol–water partition coefficient (Wildman–Crippen LogP) is 3.36. The van der Waals surface area contributed by atoms with Crippen LogP contribution in [0.25, 0.3) is 10.9 Å². The van der Waals surface area contributed by atoms with Crippen LogP contribution in [0.4, 0.5) is 0 Å². The number of carbonyl (C=O) groups is 1. The molecule has 3 aromatic rings. The Morgan fingerprint density at radius 3 is 2.78 bits per heavy atom. The Labute approximate surface area is 138 Å². The molecule has 0 aliphatic carbocycles. The van der Waals surface area contributed by atoms with Crippen LogP contribution in [0.2, 0.25) is 5.15 Å². The van der Waals surface area contributed by atoms with Crippen molar-refractivity contribution in [2.45, 2.75) is 6.92 Å². The number of halogens is 1. The summed E-state index contributed by atoms with van der Waals surface area (Å²) < 4.78 is 0. The van der Waals surface area contributed by atoms with E-state index < -0.39 is 0 Å². The third kappa shape index (κ3) is 3.52. The van der Waals surface area contributed by atoms with Crippen LogP contribution in [0, 0.1) is 6.92 Å². The van der Waals surface area contributed by atoms with Gasteiger partial charge in [-0.2, -0.15) is 5.10 Å². The number of fused-ring (bicyclic) bond motifs is 1. The largest absolute Gasteiger partial charge is 0.271 e. The first-order valence-electron chi connectivity index (χ1n) is 6.94. The molecule has 23 heavy (non-hydrogen) atoms. The fourth-order valence-corrected chi connectivity index (χ4v) is 2.30. The van der Waals surface area contributed by atoms with E-state index in [1.165, 1.54) is 6.21 Å². The first-order chi connectivity index (χ1) is 11.1. The SMILES string of the molecule is Cc1ccc2nc(Cl)c(C=NNC(=O)c3ccncc3)cc2c1. The number of carbonyl (C=O) groups excluding carboxylic acids is 1. The van der Waals surface area contributed by atoms with Gasteiger partial charge in [0.1, 0.15) is 5.15 Å². The lowest BCUT2D eigenvalue weighted by molar-refractivity contribution is 0.0955. The summed E-state index contributed by atoms with van der Waals surface area (Å²) in [5, 5.41) is 5.24. The number of rotatable bonds is 3. The zero-order valence-corrected chi connectivity index (χ0v) is 13.1. The molecule has 1 aromatic carbocycles. The number of aryl methyl sites for hydroxylation is 1. The lowest BCUT2D eigenvalue weighted by Gasteiger charge is -2.03. The van der Waals surface area contributed by atoms with E-state index in [0.717, 1.165) is 16.5 Å². The monoisotopic (exact) mass is 324 g/mol. The summed E-state index contributed by atoms with van der Waals surface area (Å²) in [6.45, 7) is 2.01. The first-order valence-corrected chi connectivity index (χ1v) is 7.31. The molecule has 3 rings (SSSR count). The Kier molecular flexibility index (Phi) is 4.30. The molecule has 1 N–H and O–H groups in total. The molecule has 0 bridgehead atoms. The molecule has 0 aliphatic rings. The highest BCUT2D eigenvalue weighted by Crippen LogP contribution is 2.20. The van der Waals surface area contributed by atoms with Crippen LogP contribution in [0.15, 0.2) is 53.9 Å². The van der Waals surface area contributed by atoms with Gasteiger partial charge >= 0.3 is 0 Å². The lowest BCUT2D eigenvalue weighted by atomic mass is 10.1. The third-order valence-corrected chi connectivity index (χ3v) is 3.57. The molecule has 1 amide bonds. The number of aromatic nitrogens is 2. The Bertz CT molecular complexity index is 894. The summed E-state index contributed by atoms with van der Waals surface area (Å²) in [4.78, 5) is 20.1. The number of hydrazone groups is 1. The fourth-order valence-electron chi connectivity index (χ4n) is 2.11. The molecule has 0 aliphatic heterocycles. The van der Waals surface area contributed by atoms with Crippen LogP contribution in [0.5, 0.6) is 0 Å². The summed E-state index contributed by atoms with van der Waals surface area (Å²) in [5.74, 6) is -0.315. The van der Waals surface area contributed by atoms with Crippen molar-refractivity contribution in [3.8, 4) is 0 Å². The van der Waals surface area contributed by atoms with E-state index in [1.807, 2.05) is 31.2 Å². The second-order valence-corrected chi connectivity index (χ2v) is 5.36. The second kappa shape index (κ2) is 6.54. The van der Waals surface area contributed by atoms with Gasteiger partial charge in [0, 0.05) is 28.9 Å². The molecule has 0 saturated carbocycles. The van der Waals surface area contributed by atoms with E-state index in [9.17, 15) is 4.79 Å². The van der Waals surface area contributed by atoms with E-state index in [1.54, 1.807) is 24.5 Å². The van der Waals surface area contributed by atoms with Crippen molar-refractivity contribution in [2.75, 3.05) is 0 Å². The Morgan fingerprint density at radius 1 is 1.22 bits per heavy atom. The van der Waals surface area contributed by atoms with Crippen molar-refractivity contribution >= 4 is 34.6 Å². The predicted molar refractivity (Wildman–Crippen MR) is 90.8 cm³/mol. The van der Waals surface area contributed by atoms with Crippen molar-refractivity contribution < 1.29 is 4.79 Å². The normalized spacial score (nSPS) is 11.0. The average Bonchev–Trinajstić information content (AvgIpc) is 2.56. The third-order valence-electron chi connectivity index (χ3n) is 3.26. The van der Waals surface area contributed by atoms with E-state index in [-0.39, 0.29) is 5.91 Å². The smallest absolute Gasteiger partial charge is 0.267 e. The van der Waals surface area contributed by atoms with Crippen molar-refractivity contribution in [3.63, 3.8) is 0 Å². The highest BCUT2D eigenvalue weighted by Gasteiger charge is 2.05. The van der Waals surface area contributed by atoms with E-state index in [2.05, 4.69) is 20.5 Å². The van der Waals surface area contributed by atoms with Crippen LogP contribution in [-0.4, -0.2) is 22.1 Å².